The Morgan fingerprint density at radius 1 is 0.886 bits per heavy atom. The van der Waals surface area contributed by atoms with Crippen LogP contribution in [-0.4, -0.2) is 17.8 Å². The first-order chi connectivity index (χ1) is 16.6. The SMILES string of the molecule is Cc1cc(C)cc(COc2ccc(/C=C3\C(=O)NC(=O)N(c4ccc(C)c(C)c4)C3=O)cc2Br)c1. The maximum absolute atomic E-state index is 13.2. The van der Waals surface area contributed by atoms with Gasteiger partial charge in [0.25, 0.3) is 11.8 Å². The number of benzene rings is 3. The lowest BCUT2D eigenvalue weighted by Gasteiger charge is -2.26. The summed E-state index contributed by atoms with van der Waals surface area (Å²) in [5.74, 6) is -0.766. The number of hydrogen-bond acceptors (Lipinski definition) is 4. The fourth-order valence-electron chi connectivity index (χ4n) is 3.96. The van der Waals surface area contributed by atoms with Crippen molar-refractivity contribution >= 4 is 45.5 Å². The summed E-state index contributed by atoms with van der Waals surface area (Å²) in [4.78, 5) is 39.1. The van der Waals surface area contributed by atoms with E-state index in [0.717, 1.165) is 21.6 Å². The molecule has 1 N–H and O–H groups in total. The van der Waals surface area contributed by atoms with E-state index in [-0.39, 0.29) is 5.57 Å². The molecule has 0 bridgehead atoms. The number of ether oxygens (including phenoxy) is 1. The third kappa shape index (κ3) is 5.35. The van der Waals surface area contributed by atoms with Gasteiger partial charge in [-0.15, -0.1) is 0 Å². The van der Waals surface area contributed by atoms with Crippen LogP contribution in [0.1, 0.15) is 33.4 Å². The van der Waals surface area contributed by atoms with Crippen molar-refractivity contribution in [2.45, 2.75) is 34.3 Å². The normalized spacial score (nSPS) is 14.9. The molecule has 4 amide bonds. The van der Waals surface area contributed by atoms with E-state index in [1.165, 1.54) is 17.2 Å². The molecule has 178 valence electrons. The van der Waals surface area contributed by atoms with Crippen molar-refractivity contribution in [2.24, 2.45) is 0 Å². The predicted molar refractivity (Wildman–Crippen MR) is 139 cm³/mol. The second-order valence-electron chi connectivity index (χ2n) is 8.70. The second-order valence-corrected chi connectivity index (χ2v) is 9.56. The van der Waals surface area contributed by atoms with E-state index in [4.69, 9.17) is 4.74 Å². The van der Waals surface area contributed by atoms with Crippen LogP contribution >= 0.6 is 15.9 Å². The fraction of sp³-hybridized carbons (Fsp3) is 0.179. The van der Waals surface area contributed by atoms with E-state index < -0.39 is 17.8 Å². The van der Waals surface area contributed by atoms with Gasteiger partial charge in [0.15, 0.2) is 0 Å². The molecule has 6 nitrogen and oxygen atoms in total. The summed E-state index contributed by atoms with van der Waals surface area (Å²) in [6, 6.07) is 16.1. The highest BCUT2D eigenvalue weighted by Gasteiger charge is 2.36. The summed E-state index contributed by atoms with van der Waals surface area (Å²) in [7, 11) is 0. The van der Waals surface area contributed by atoms with Gasteiger partial charge in [-0.05, 0) is 96.2 Å². The molecule has 1 saturated heterocycles. The predicted octanol–water partition coefficient (Wildman–Crippen LogP) is 5.93. The Morgan fingerprint density at radius 2 is 1.60 bits per heavy atom. The Balaban J connectivity index is 1.57. The van der Waals surface area contributed by atoms with Crippen LogP contribution in [0.3, 0.4) is 0 Å². The molecule has 7 heteroatoms. The highest BCUT2D eigenvalue weighted by molar-refractivity contribution is 9.10. The topological polar surface area (TPSA) is 75.7 Å². The summed E-state index contributed by atoms with van der Waals surface area (Å²) in [5.41, 5.74) is 6.29. The third-order valence-corrected chi connectivity index (χ3v) is 6.41. The van der Waals surface area contributed by atoms with E-state index in [2.05, 4.69) is 39.4 Å². The quantitative estimate of drug-likeness (QED) is 0.326. The van der Waals surface area contributed by atoms with Crippen molar-refractivity contribution in [3.8, 4) is 5.75 Å². The van der Waals surface area contributed by atoms with E-state index in [1.54, 1.807) is 30.3 Å². The third-order valence-electron chi connectivity index (χ3n) is 5.79. The smallest absolute Gasteiger partial charge is 0.335 e. The number of urea groups is 1. The lowest BCUT2D eigenvalue weighted by molar-refractivity contribution is -0.122. The maximum atomic E-state index is 13.2. The van der Waals surface area contributed by atoms with Gasteiger partial charge in [-0.25, -0.2) is 9.69 Å². The molecule has 4 rings (SSSR count). The Hall–Kier alpha value is -3.71. The van der Waals surface area contributed by atoms with E-state index in [1.807, 2.05) is 33.8 Å². The minimum Gasteiger partial charge on any atom is -0.488 e. The van der Waals surface area contributed by atoms with Crippen LogP contribution in [0.15, 0.2) is 64.6 Å². The van der Waals surface area contributed by atoms with Crippen molar-refractivity contribution < 1.29 is 19.1 Å². The van der Waals surface area contributed by atoms with Crippen molar-refractivity contribution in [3.63, 3.8) is 0 Å². The average Bonchev–Trinajstić information content (AvgIpc) is 2.77. The highest BCUT2D eigenvalue weighted by Crippen LogP contribution is 2.29. The van der Waals surface area contributed by atoms with Crippen LogP contribution in [0.5, 0.6) is 5.75 Å². The molecular formula is C28H25BrN2O4. The molecule has 35 heavy (non-hydrogen) atoms. The number of imide groups is 2. The molecule has 1 heterocycles. The fourth-order valence-corrected chi connectivity index (χ4v) is 4.47. The number of amides is 4. The molecule has 0 unspecified atom stereocenters. The highest BCUT2D eigenvalue weighted by atomic mass is 79.9. The zero-order valence-electron chi connectivity index (χ0n) is 19.9. The number of nitrogens with zero attached hydrogens (tertiary/aromatic N) is 1. The summed E-state index contributed by atoms with van der Waals surface area (Å²) in [6.45, 7) is 8.35. The lowest BCUT2D eigenvalue weighted by atomic mass is 10.0. The largest absolute Gasteiger partial charge is 0.488 e. The van der Waals surface area contributed by atoms with Crippen LogP contribution in [0.2, 0.25) is 0 Å². The molecule has 1 aliphatic rings. The molecule has 0 atom stereocenters. The van der Waals surface area contributed by atoms with Gasteiger partial charge in [-0.1, -0.05) is 41.5 Å². The number of barbiturate groups is 1. The molecule has 1 fully saturated rings. The van der Waals surface area contributed by atoms with Gasteiger partial charge in [0.2, 0.25) is 0 Å². The molecule has 0 saturated carbocycles. The maximum Gasteiger partial charge on any atom is 0.335 e. The van der Waals surface area contributed by atoms with Gasteiger partial charge in [-0.3, -0.25) is 14.9 Å². The monoisotopic (exact) mass is 532 g/mol. The number of rotatable bonds is 5. The minimum atomic E-state index is -0.767. The van der Waals surface area contributed by atoms with Gasteiger partial charge < -0.3 is 4.74 Å². The molecule has 0 spiro atoms. The first kappa shape index (κ1) is 24.4. The van der Waals surface area contributed by atoms with Gasteiger partial charge in [-0.2, -0.15) is 0 Å². The van der Waals surface area contributed by atoms with Crippen LogP contribution < -0.4 is 15.0 Å². The summed E-state index contributed by atoms with van der Waals surface area (Å²) >= 11 is 3.51. The minimum absolute atomic E-state index is 0.126. The van der Waals surface area contributed by atoms with Crippen molar-refractivity contribution in [1.29, 1.82) is 0 Å². The lowest BCUT2D eigenvalue weighted by Crippen LogP contribution is -2.54. The van der Waals surface area contributed by atoms with E-state index in [0.29, 0.717) is 28.1 Å². The molecule has 0 aromatic heterocycles. The standard InChI is InChI=1S/C28H25BrN2O4/c1-16-9-17(2)11-21(10-16)15-35-25-8-6-20(14-24(25)29)13-23-26(32)30-28(34)31(27(23)33)22-7-5-18(3)19(4)12-22/h5-14H,15H2,1-4H3,(H,30,32,34)/b23-13+. The number of aryl methyl sites for hydroxylation is 4. The Morgan fingerprint density at radius 3 is 2.26 bits per heavy atom. The second kappa shape index (κ2) is 9.88. The zero-order chi connectivity index (χ0) is 25.3. The number of hydrogen-bond donors (Lipinski definition) is 1. The first-order valence-electron chi connectivity index (χ1n) is 11.1. The summed E-state index contributed by atoms with van der Waals surface area (Å²) in [6.07, 6.45) is 1.47. The van der Waals surface area contributed by atoms with E-state index >= 15 is 0 Å². The molecular weight excluding hydrogens is 508 g/mol. The van der Waals surface area contributed by atoms with Crippen LogP contribution in [0, 0.1) is 27.7 Å². The van der Waals surface area contributed by atoms with Gasteiger partial charge in [0.05, 0.1) is 10.2 Å². The van der Waals surface area contributed by atoms with Crippen molar-refractivity contribution in [1.82, 2.24) is 5.32 Å². The molecule has 1 aliphatic heterocycles. The Bertz CT molecular complexity index is 1370. The molecule has 3 aromatic rings. The number of nitrogens with one attached hydrogen (secondary N) is 1. The van der Waals surface area contributed by atoms with Crippen molar-refractivity contribution in [3.05, 3.63) is 98.0 Å². The number of carbonyl (C=O) groups excluding carboxylic acids is 3. The molecule has 3 aromatic carbocycles. The Kier molecular flexibility index (Phi) is 6.89. The summed E-state index contributed by atoms with van der Waals surface area (Å²) in [5, 5.41) is 2.26. The van der Waals surface area contributed by atoms with E-state index in [9.17, 15) is 14.4 Å². The number of carbonyl (C=O) groups is 3. The van der Waals surface area contributed by atoms with Crippen LogP contribution in [-0.2, 0) is 16.2 Å². The number of halogens is 1. The molecule has 0 aliphatic carbocycles. The zero-order valence-corrected chi connectivity index (χ0v) is 21.5. The molecule has 0 radical (unpaired) electrons. The Labute approximate surface area is 212 Å². The van der Waals surface area contributed by atoms with Gasteiger partial charge in [0, 0.05) is 0 Å². The van der Waals surface area contributed by atoms with Crippen molar-refractivity contribution in [2.75, 3.05) is 4.90 Å². The average molecular weight is 533 g/mol. The van der Waals surface area contributed by atoms with Gasteiger partial charge in [0.1, 0.15) is 17.9 Å². The van der Waals surface area contributed by atoms with Gasteiger partial charge >= 0.3 is 6.03 Å². The first-order valence-corrected chi connectivity index (χ1v) is 11.9. The van der Waals surface area contributed by atoms with Crippen LogP contribution in [0.4, 0.5) is 10.5 Å². The van der Waals surface area contributed by atoms with Crippen LogP contribution in [0.25, 0.3) is 6.08 Å². The number of anilines is 1. The summed E-state index contributed by atoms with van der Waals surface area (Å²) < 4.78 is 6.65.